The predicted octanol–water partition coefficient (Wildman–Crippen LogP) is 1.15. The van der Waals surface area contributed by atoms with Crippen molar-refractivity contribution in [1.29, 1.82) is 0 Å². The van der Waals surface area contributed by atoms with Crippen LogP contribution in [-0.4, -0.2) is 126 Å². The molecule has 1 aromatic carbocycles. The van der Waals surface area contributed by atoms with Crippen LogP contribution in [0.2, 0.25) is 4.34 Å². The van der Waals surface area contributed by atoms with E-state index in [1.54, 1.807) is 0 Å². The number of nitrogen functional groups attached to an aromatic ring is 1. The first-order valence-corrected chi connectivity index (χ1v) is 17.7. The number of phenols is 2. The number of aromatic nitrogens is 1. The summed E-state index contributed by atoms with van der Waals surface area (Å²) in [5.74, 6) is -5.05. The normalized spacial score (nSPS) is 20.5. The van der Waals surface area contributed by atoms with Crippen molar-refractivity contribution in [2.45, 2.75) is 43.7 Å². The number of halogens is 1. The number of carbonyl (C=O) groups excluding carboxylic acids is 3. The quantitative estimate of drug-likeness (QED) is 0.0358. The van der Waals surface area contributed by atoms with E-state index in [0.717, 1.165) is 37.3 Å². The van der Waals surface area contributed by atoms with Crippen molar-refractivity contribution in [2.75, 3.05) is 44.2 Å². The maximum atomic E-state index is 13.4. The first-order valence-electron chi connectivity index (χ1n) is 15.5. The minimum Gasteiger partial charge on any atom is -0.504 e. The number of carboxylic acid groups (broad SMARTS) is 2. The summed E-state index contributed by atoms with van der Waals surface area (Å²) in [4.78, 5) is 73.3. The molecule has 2 fully saturated rings. The number of nitrogens with one attached hydrogen (secondary N) is 2. The van der Waals surface area contributed by atoms with Gasteiger partial charge in [0.1, 0.15) is 33.7 Å². The van der Waals surface area contributed by atoms with Gasteiger partial charge in [-0.2, -0.15) is 0 Å². The van der Waals surface area contributed by atoms with Crippen LogP contribution in [0.5, 0.6) is 11.5 Å². The number of nitrogens with zero attached hydrogens (tertiary/aromatic N) is 4. The Morgan fingerprint density at radius 1 is 1.20 bits per heavy atom. The minimum atomic E-state index is -1.43. The number of nitrogens with two attached hydrogens (primary N) is 1. The fourth-order valence-corrected chi connectivity index (χ4v) is 8.37. The molecule has 3 aliphatic heterocycles. The topological polar surface area (TPSA) is 254 Å². The number of thiazole rings is 1. The molecule has 0 unspecified atom stereocenters. The Morgan fingerprint density at radius 3 is 2.54 bits per heavy atom. The fraction of sp³-hybridized carbons (Fsp3) is 0.433. The van der Waals surface area contributed by atoms with Crippen LogP contribution >= 0.6 is 34.7 Å². The first-order chi connectivity index (χ1) is 23.7. The summed E-state index contributed by atoms with van der Waals surface area (Å²) in [6.07, 6.45) is 1.04. The van der Waals surface area contributed by atoms with E-state index in [1.165, 1.54) is 41.8 Å². The van der Waals surface area contributed by atoms with E-state index in [0.29, 0.717) is 36.1 Å². The summed E-state index contributed by atoms with van der Waals surface area (Å²) in [6, 6.07) is 2.68. The van der Waals surface area contributed by atoms with Gasteiger partial charge in [-0.3, -0.25) is 19.3 Å². The summed E-state index contributed by atoms with van der Waals surface area (Å²) in [6.45, 7) is 4.16. The van der Waals surface area contributed by atoms with Crippen LogP contribution in [0.25, 0.3) is 0 Å². The molecular weight excluding hydrogens is 718 g/mol. The summed E-state index contributed by atoms with van der Waals surface area (Å²) in [5, 5.41) is 46.9. The Hall–Kier alpha value is -4.59. The number of oxime groups is 1. The number of rotatable bonds is 14. The highest BCUT2D eigenvalue weighted by Crippen LogP contribution is 2.41. The highest BCUT2D eigenvalue weighted by Gasteiger charge is 2.55. The molecule has 4 heterocycles. The number of aliphatic carboxylic acids is 2. The van der Waals surface area contributed by atoms with E-state index >= 15 is 0 Å². The van der Waals surface area contributed by atoms with Crippen molar-refractivity contribution in [3.63, 3.8) is 0 Å². The van der Waals surface area contributed by atoms with Gasteiger partial charge in [-0.05, 0) is 25.1 Å². The van der Waals surface area contributed by atoms with Crippen molar-refractivity contribution in [3.8, 4) is 11.5 Å². The molecule has 0 radical (unpaired) electrons. The monoisotopic (exact) mass is 752 g/mol. The molecule has 0 saturated carbocycles. The van der Waals surface area contributed by atoms with E-state index in [2.05, 4.69) is 20.8 Å². The third-order valence-corrected chi connectivity index (χ3v) is 11.0. The van der Waals surface area contributed by atoms with Crippen LogP contribution < -0.4 is 16.4 Å². The molecule has 17 nitrogen and oxygen atoms in total. The average Bonchev–Trinajstić information content (AvgIpc) is 3.67. The van der Waals surface area contributed by atoms with E-state index in [1.807, 2.05) is 0 Å². The van der Waals surface area contributed by atoms with Gasteiger partial charge in [0.15, 0.2) is 22.3 Å². The molecule has 268 valence electrons. The Balaban J connectivity index is 1.26. The standard InChI is InChI=1S/C30H34ClN7O10S2/c1-14(28(44)45)48-36-20(19-23(31)50-30(32)35-19)25(42)34-21-26(43)37-22(29(46)47)16(13-49-27(21)37)12-38(8-2-3-9-38)10-4-7-33-24(41)15-5-6-17(39)18(40)11-15/h5-6,11,14,21,27H,2-4,7-10,12-13H2,1H3,(H7-,32,33,34,35,36,39,40,41,42,44,45,46,47)/p+1/t14-,21+,27+/m0/s1. The van der Waals surface area contributed by atoms with Gasteiger partial charge in [0, 0.05) is 42.7 Å². The minimum absolute atomic E-state index is 0.00713. The lowest BCUT2D eigenvalue weighted by Crippen LogP contribution is -2.71. The zero-order valence-electron chi connectivity index (χ0n) is 26.6. The molecule has 3 amide bonds. The van der Waals surface area contributed by atoms with Crippen molar-refractivity contribution in [1.82, 2.24) is 20.5 Å². The van der Waals surface area contributed by atoms with Gasteiger partial charge >= 0.3 is 11.9 Å². The lowest BCUT2D eigenvalue weighted by atomic mass is 10.0. The SMILES string of the molecule is C[C@H](O/N=C(\C(=O)N[C@@H]1C(=O)N2C(C(=O)O)=C(C[N+]3(CCCNC(=O)c4ccc(O)c(O)c4)CCCC3)CS[C@H]12)c1nc(N)sc1Cl)C(=O)O. The third-order valence-electron chi connectivity index (χ3n) is 8.60. The van der Waals surface area contributed by atoms with Crippen LogP contribution in [0.3, 0.4) is 0 Å². The number of anilines is 1. The number of fused-ring (bicyclic) bond motifs is 1. The van der Waals surface area contributed by atoms with Gasteiger partial charge in [0.05, 0.1) is 19.6 Å². The highest BCUT2D eigenvalue weighted by molar-refractivity contribution is 8.00. The van der Waals surface area contributed by atoms with Gasteiger partial charge in [-0.15, -0.1) is 11.8 Å². The number of β-lactam (4-membered cyclic amide) rings is 1. The number of thioether (sulfide) groups is 1. The van der Waals surface area contributed by atoms with E-state index in [-0.39, 0.29) is 37.9 Å². The molecule has 0 bridgehead atoms. The lowest BCUT2D eigenvalue weighted by Gasteiger charge is -2.50. The van der Waals surface area contributed by atoms with Gasteiger partial charge < -0.3 is 46.1 Å². The number of aromatic hydroxyl groups is 2. The van der Waals surface area contributed by atoms with Crippen molar-refractivity contribution < 1.29 is 53.7 Å². The van der Waals surface area contributed by atoms with Crippen LogP contribution in [-0.2, 0) is 24.0 Å². The molecule has 3 aliphatic rings. The smallest absolute Gasteiger partial charge is 0.352 e. The number of quaternary nitrogens is 1. The summed E-state index contributed by atoms with van der Waals surface area (Å²) in [7, 11) is 0. The van der Waals surface area contributed by atoms with Gasteiger partial charge in [-0.1, -0.05) is 28.1 Å². The Bertz CT molecular complexity index is 1780. The maximum absolute atomic E-state index is 13.4. The van der Waals surface area contributed by atoms with Crippen molar-refractivity contribution >= 4 is 75.2 Å². The molecule has 3 atom stereocenters. The molecule has 20 heteroatoms. The van der Waals surface area contributed by atoms with E-state index in [4.69, 9.17) is 27.3 Å². The second kappa shape index (κ2) is 15.1. The van der Waals surface area contributed by atoms with E-state index < -0.39 is 58.6 Å². The number of hydrogen-bond donors (Lipinski definition) is 7. The fourth-order valence-electron chi connectivity index (χ4n) is 6.10. The van der Waals surface area contributed by atoms with Crippen LogP contribution in [0.1, 0.15) is 42.2 Å². The second-order valence-corrected chi connectivity index (χ2v) is 14.7. The predicted molar refractivity (Wildman–Crippen MR) is 182 cm³/mol. The number of amides is 3. The molecule has 50 heavy (non-hydrogen) atoms. The second-order valence-electron chi connectivity index (χ2n) is 12.0. The lowest BCUT2D eigenvalue weighted by molar-refractivity contribution is -0.912. The van der Waals surface area contributed by atoms with Crippen LogP contribution in [0.15, 0.2) is 34.6 Å². The largest absolute Gasteiger partial charge is 0.504 e. The van der Waals surface area contributed by atoms with Crippen molar-refractivity contribution in [3.05, 3.63) is 45.1 Å². The zero-order valence-corrected chi connectivity index (χ0v) is 29.0. The van der Waals surface area contributed by atoms with Gasteiger partial charge in [0.25, 0.3) is 17.7 Å². The summed E-state index contributed by atoms with van der Waals surface area (Å²) in [5.41, 5.74) is 5.70. The molecule has 2 saturated heterocycles. The van der Waals surface area contributed by atoms with Crippen LogP contribution in [0, 0.1) is 0 Å². The average molecular weight is 753 g/mol. The molecule has 0 spiro atoms. The number of carboxylic acids is 2. The number of carbonyl (C=O) groups is 5. The van der Waals surface area contributed by atoms with E-state index in [9.17, 15) is 39.3 Å². The Labute approximate surface area is 298 Å². The molecule has 2 aromatic rings. The molecule has 5 rings (SSSR count). The van der Waals surface area contributed by atoms with Crippen LogP contribution in [0.4, 0.5) is 5.13 Å². The van der Waals surface area contributed by atoms with Gasteiger partial charge in [-0.25, -0.2) is 14.6 Å². The molecule has 0 aliphatic carbocycles. The summed E-state index contributed by atoms with van der Waals surface area (Å²) >= 11 is 8.33. The Morgan fingerprint density at radius 2 is 1.92 bits per heavy atom. The maximum Gasteiger partial charge on any atom is 0.352 e. The number of benzene rings is 1. The van der Waals surface area contributed by atoms with Crippen molar-refractivity contribution in [2.24, 2.45) is 5.16 Å². The molecular formula is C30H35ClN7O10S2+. The van der Waals surface area contributed by atoms with Gasteiger partial charge in [0.2, 0.25) is 6.10 Å². The number of hydrogen-bond acceptors (Lipinski definition) is 13. The summed E-state index contributed by atoms with van der Waals surface area (Å²) < 4.78 is 0.568. The Kier molecular flexibility index (Phi) is 11.1. The number of likely N-dealkylation sites (tertiary alicyclic amines) is 1. The molecule has 1 aromatic heterocycles. The molecule has 8 N–H and O–H groups in total. The zero-order chi connectivity index (χ0) is 36.3. The third kappa shape index (κ3) is 7.74. The number of phenolic OH excluding ortho intramolecular Hbond substituents is 2. The first kappa shape index (κ1) is 36.7. The highest BCUT2D eigenvalue weighted by atomic mass is 35.5.